The zero-order chi connectivity index (χ0) is 21.0. The first-order valence-electron chi connectivity index (χ1n) is 8.31. The van der Waals surface area contributed by atoms with Gasteiger partial charge < -0.3 is 19.9 Å². The maximum Gasteiger partial charge on any atom is 0.333 e. The van der Waals surface area contributed by atoms with Gasteiger partial charge in [-0.2, -0.15) is 8.42 Å². The van der Waals surface area contributed by atoms with Crippen LogP contribution in [-0.4, -0.2) is 58.6 Å². The Morgan fingerprint density at radius 2 is 2.10 bits per heavy atom. The normalized spacial score (nSPS) is 28.4. The van der Waals surface area contributed by atoms with Gasteiger partial charge in [0.25, 0.3) is 0 Å². The number of nitrogens with two attached hydrogens (primary N) is 2. The van der Waals surface area contributed by atoms with E-state index in [0.29, 0.717) is 0 Å². The molecule has 0 spiro atoms. The number of rotatable bonds is 5. The van der Waals surface area contributed by atoms with Gasteiger partial charge in [0.2, 0.25) is 5.95 Å². The summed E-state index contributed by atoms with van der Waals surface area (Å²) in [7, 11) is -4.20. The minimum atomic E-state index is -4.20. The average molecular weight is 427 g/mol. The fraction of sp³-hybridized carbons (Fsp3) is 0.615. The van der Waals surface area contributed by atoms with E-state index < -0.39 is 47.2 Å². The maximum absolute atomic E-state index is 11.2. The van der Waals surface area contributed by atoms with E-state index in [2.05, 4.69) is 29.2 Å². The third kappa shape index (κ3) is 3.58. The number of nitrogen functional groups attached to an aromatic ring is 1. The van der Waals surface area contributed by atoms with Gasteiger partial charge in [-0.1, -0.05) is 0 Å². The second-order valence-corrected chi connectivity index (χ2v) is 8.03. The first kappa shape index (κ1) is 19.7. The molecule has 0 aliphatic carbocycles. The molecule has 2 aliphatic heterocycles. The van der Waals surface area contributed by atoms with Crippen LogP contribution in [0.5, 0.6) is 0 Å². The molecule has 0 radical (unpaired) electrons. The van der Waals surface area contributed by atoms with Crippen molar-refractivity contribution in [2.24, 2.45) is 10.3 Å². The minimum Gasteiger partial charge on any atom is -0.382 e. The van der Waals surface area contributed by atoms with Crippen molar-refractivity contribution in [3.05, 3.63) is 16.8 Å². The van der Waals surface area contributed by atoms with Gasteiger partial charge in [0.05, 0.1) is 6.61 Å². The second kappa shape index (κ2) is 6.74. The third-order valence-corrected chi connectivity index (χ3v) is 4.86. The average Bonchev–Trinajstić information content (AvgIpc) is 3.22. The largest absolute Gasteiger partial charge is 0.382 e. The van der Waals surface area contributed by atoms with Crippen molar-refractivity contribution < 1.29 is 26.8 Å². The zero-order valence-electron chi connectivity index (χ0n) is 15.2. The van der Waals surface area contributed by atoms with Crippen molar-refractivity contribution in [2.75, 3.05) is 12.3 Å². The number of aromatic nitrogens is 4. The van der Waals surface area contributed by atoms with Gasteiger partial charge in [-0.15, -0.1) is 0 Å². The van der Waals surface area contributed by atoms with Crippen LogP contribution in [0.3, 0.4) is 0 Å². The van der Waals surface area contributed by atoms with Crippen LogP contribution < -0.4 is 10.9 Å². The first-order valence-corrected chi connectivity index (χ1v) is 9.78. The molecule has 4 heterocycles. The van der Waals surface area contributed by atoms with E-state index in [1.54, 1.807) is 13.8 Å². The molecule has 0 aromatic carbocycles. The summed E-state index contributed by atoms with van der Waals surface area (Å²) in [6, 6.07) is 0. The number of hydrogen-bond acceptors (Lipinski definition) is 11. The molecule has 2 aliphatic rings. The molecule has 4 N–H and O–H groups in total. The lowest BCUT2D eigenvalue weighted by Gasteiger charge is -2.25. The molecule has 4 rings (SSSR count). The van der Waals surface area contributed by atoms with Gasteiger partial charge in [0, 0.05) is 4.91 Å². The molecular formula is C13H17N9O6S. The predicted molar refractivity (Wildman–Crippen MR) is 95.3 cm³/mol. The van der Waals surface area contributed by atoms with Crippen molar-refractivity contribution >= 4 is 33.2 Å². The van der Waals surface area contributed by atoms with E-state index in [0.717, 1.165) is 0 Å². The Balaban J connectivity index is 1.79. The van der Waals surface area contributed by atoms with Crippen LogP contribution >= 0.6 is 0 Å². The fourth-order valence-electron chi connectivity index (χ4n) is 3.42. The van der Waals surface area contributed by atoms with Crippen molar-refractivity contribution in [1.29, 1.82) is 0 Å². The number of anilines is 1. The molecule has 156 valence electrons. The molecule has 2 aromatic rings. The molecular weight excluding hydrogens is 410 g/mol. The molecule has 29 heavy (non-hydrogen) atoms. The summed E-state index contributed by atoms with van der Waals surface area (Å²) in [6.07, 6.45) is -2.00. The monoisotopic (exact) mass is 427 g/mol. The van der Waals surface area contributed by atoms with Crippen LogP contribution in [0.1, 0.15) is 20.1 Å². The van der Waals surface area contributed by atoms with Gasteiger partial charge >= 0.3 is 10.3 Å². The maximum atomic E-state index is 11.2. The standard InChI is InChI=1S/C13H17N9O6S/c1-13(2)27-7-5(3-25-29(16,23)24)26-11(8(7)28-13)22-10-6(9(14)17-4-18-10)19-12(22)20-21-15/h4-5,7-8,11H,3H2,1-2H3,(H2,14,17,18)(H2,16,23,24)/t5-,7-,8-,11-/m1/s1. The highest BCUT2D eigenvalue weighted by atomic mass is 32.2. The van der Waals surface area contributed by atoms with Crippen LogP contribution in [-0.2, 0) is 28.7 Å². The van der Waals surface area contributed by atoms with Crippen molar-refractivity contribution in [1.82, 2.24) is 19.5 Å². The predicted octanol–water partition coefficient (Wildman–Crippen LogP) is -0.0121. The highest BCUT2D eigenvalue weighted by Crippen LogP contribution is 2.45. The van der Waals surface area contributed by atoms with Crippen LogP contribution in [0.4, 0.5) is 11.8 Å². The number of fused-ring (bicyclic) bond motifs is 2. The summed E-state index contributed by atoms with van der Waals surface area (Å²) in [5, 5.41) is 8.49. The third-order valence-electron chi connectivity index (χ3n) is 4.40. The SMILES string of the molecule is CC1(C)O[C@@H]2[C@H](O1)[C@@H](COS(N)(=O)=O)O[C@H]2n1c(N=[N+]=[N-])nc2c(N)ncnc21. The highest BCUT2D eigenvalue weighted by Gasteiger charge is 2.56. The first-order chi connectivity index (χ1) is 13.6. The van der Waals surface area contributed by atoms with Gasteiger partial charge in [0.15, 0.2) is 29.0 Å². The molecule has 2 saturated heterocycles. The van der Waals surface area contributed by atoms with Gasteiger partial charge in [0.1, 0.15) is 24.6 Å². The molecule has 15 nitrogen and oxygen atoms in total. The van der Waals surface area contributed by atoms with Gasteiger partial charge in [-0.05, 0) is 24.5 Å². The summed E-state index contributed by atoms with van der Waals surface area (Å²) in [6.45, 7) is 2.98. The second-order valence-electron chi connectivity index (χ2n) is 6.81. The highest BCUT2D eigenvalue weighted by molar-refractivity contribution is 7.84. The summed E-state index contributed by atoms with van der Waals surface area (Å²) in [5.74, 6) is -0.990. The lowest BCUT2D eigenvalue weighted by Crippen LogP contribution is -2.34. The van der Waals surface area contributed by atoms with Crippen LogP contribution in [0, 0.1) is 0 Å². The van der Waals surface area contributed by atoms with Crippen LogP contribution in [0.2, 0.25) is 0 Å². The van der Waals surface area contributed by atoms with Crippen molar-refractivity contribution in [3.63, 3.8) is 0 Å². The summed E-state index contributed by atoms with van der Waals surface area (Å²) in [5.41, 5.74) is 15.2. The van der Waals surface area contributed by atoms with Crippen LogP contribution in [0.25, 0.3) is 21.6 Å². The van der Waals surface area contributed by atoms with E-state index in [1.165, 1.54) is 10.9 Å². The Morgan fingerprint density at radius 1 is 1.38 bits per heavy atom. The van der Waals surface area contributed by atoms with Crippen LogP contribution in [0.15, 0.2) is 11.4 Å². The summed E-state index contributed by atoms with van der Waals surface area (Å²) in [4.78, 5) is 15.0. The Morgan fingerprint density at radius 3 is 2.79 bits per heavy atom. The number of nitrogens with zero attached hydrogens (tertiary/aromatic N) is 7. The Bertz CT molecular complexity index is 1110. The smallest absolute Gasteiger partial charge is 0.333 e. The Kier molecular flexibility index (Phi) is 4.58. The molecule has 0 bridgehead atoms. The summed E-state index contributed by atoms with van der Waals surface area (Å²) >= 11 is 0. The lowest BCUT2D eigenvalue weighted by atomic mass is 10.1. The lowest BCUT2D eigenvalue weighted by molar-refractivity contribution is -0.198. The summed E-state index contributed by atoms with van der Waals surface area (Å²) < 4.78 is 46.2. The van der Waals surface area contributed by atoms with E-state index >= 15 is 0 Å². The van der Waals surface area contributed by atoms with E-state index in [9.17, 15) is 8.42 Å². The molecule has 0 unspecified atom stereocenters. The molecule has 4 atom stereocenters. The molecule has 0 saturated carbocycles. The van der Waals surface area contributed by atoms with E-state index in [1.807, 2.05) is 0 Å². The Hall–Kier alpha value is -2.59. The fourth-order valence-corrected chi connectivity index (χ4v) is 3.75. The number of hydrogen-bond donors (Lipinski definition) is 2. The van der Waals surface area contributed by atoms with E-state index in [4.69, 9.17) is 30.6 Å². The van der Waals surface area contributed by atoms with E-state index in [-0.39, 0.29) is 22.9 Å². The minimum absolute atomic E-state index is 0.0794. The van der Waals surface area contributed by atoms with Crippen molar-refractivity contribution in [2.45, 2.75) is 44.2 Å². The van der Waals surface area contributed by atoms with Crippen molar-refractivity contribution in [3.8, 4) is 0 Å². The number of imidazole rings is 1. The quantitative estimate of drug-likeness (QED) is 0.369. The molecule has 16 heteroatoms. The Labute approximate surface area is 163 Å². The zero-order valence-corrected chi connectivity index (χ0v) is 16.1. The molecule has 0 amide bonds. The van der Waals surface area contributed by atoms with Gasteiger partial charge in [-0.25, -0.2) is 20.1 Å². The van der Waals surface area contributed by atoms with Gasteiger partial charge in [-0.3, -0.25) is 8.75 Å². The molecule has 2 aromatic heterocycles. The number of azide groups is 1. The topological polar surface area (TPSA) is 215 Å². The molecule has 2 fully saturated rings. The number of ether oxygens (including phenoxy) is 3.